The van der Waals surface area contributed by atoms with Crippen molar-refractivity contribution in [3.63, 3.8) is 0 Å². The van der Waals surface area contributed by atoms with Gasteiger partial charge in [0, 0.05) is 11.0 Å². The molecule has 1 aromatic carbocycles. The fourth-order valence-corrected chi connectivity index (χ4v) is 3.19. The molecule has 6 heteroatoms. The van der Waals surface area contributed by atoms with Crippen LogP contribution in [0.25, 0.3) is 10.1 Å². The minimum absolute atomic E-state index is 0.253. The van der Waals surface area contributed by atoms with E-state index in [1.54, 1.807) is 18.2 Å². The minimum atomic E-state index is -3.22. The number of hydrogen-bond donors (Lipinski definition) is 0. The van der Waals surface area contributed by atoms with E-state index in [-0.39, 0.29) is 4.90 Å². The molecule has 0 saturated carbocycles. The summed E-state index contributed by atoms with van der Waals surface area (Å²) in [7, 11) is -1.91. The van der Waals surface area contributed by atoms with Gasteiger partial charge in [0.2, 0.25) is 0 Å². The van der Waals surface area contributed by atoms with Crippen molar-refractivity contribution in [3.05, 3.63) is 29.1 Å². The lowest BCUT2D eigenvalue weighted by atomic mass is 10.2. The maximum Gasteiger partial charge on any atom is 0.348 e. The molecule has 0 saturated heterocycles. The first-order valence-corrected chi connectivity index (χ1v) is 7.44. The van der Waals surface area contributed by atoms with Crippen molar-refractivity contribution in [1.82, 2.24) is 0 Å². The second-order valence-corrected chi connectivity index (χ2v) is 6.67. The molecule has 0 radical (unpaired) electrons. The highest BCUT2D eigenvalue weighted by molar-refractivity contribution is 7.90. The molecule has 0 aliphatic carbocycles. The Kier molecular flexibility index (Phi) is 2.92. The summed E-state index contributed by atoms with van der Waals surface area (Å²) in [6.07, 6.45) is 1.16. The smallest absolute Gasteiger partial charge is 0.348 e. The minimum Gasteiger partial charge on any atom is -0.465 e. The van der Waals surface area contributed by atoms with Gasteiger partial charge in [0.15, 0.2) is 9.84 Å². The Morgan fingerprint density at radius 3 is 2.59 bits per heavy atom. The zero-order valence-electron chi connectivity index (χ0n) is 9.26. The van der Waals surface area contributed by atoms with Crippen molar-refractivity contribution in [2.75, 3.05) is 13.4 Å². The van der Waals surface area contributed by atoms with Gasteiger partial charge >= 0.3 is 5.97 Å². The molecule has 2 aromatic rings. The largest absolute Gasteiger partial charge is 0.465 e. The zero-order valence-corrected chi connectivity index (χ0v) is 10.9. The molecular weight excluding hydrogens is 260 g/mol. The summed E-state index contributed by atoms with van der Waals surface area (Å²) in [5.74, 6) is -0.410. The molecule has 1 aromatic heterocycles. The lowest BCUT2D eigenvalue weighted by Gasteiger charge is -1.96. The van der Waals surface area contributed by atoms with E-state index in [1.165, 1.54) is 24.5 Å². The second kappa shape index (κ2) is 4.12. The van der Waals surface area contributed by atoms with Crippen LogP contribution in [0.15, 0.2) is 29.2 Å². The van der Waals surface area contributed by atoms with E-state index in [0.29, 0.717) is 4.88 Å². The molecule has 4 nitrogen and oxygen atoms in total. The molecule has 0 bridgehead atoms. The van der Waals surface area contributed by atoms with Gasteiger partial charge in [-0.15, -0.1) is 11.3 Å². The highest BCUT2D eigenvalue weighted by Gasteiger charge is 2.13. The summed E-state index contributed by atoms with van der Waals surface area (Å²) in [5, 5.41) is 0.836. The molecule has 17 heavy (non-hydrogen) atoms. The summed E-state index contributed by atoms with van der Waals surface area (Å²) >= 11 is 1.22. The third kappa shape index (κ3) is 2.32. The Morgan fingerprint density at radius 2 is 2.00 bits per heavy atom. The topological polar surface area (TPSA) is 60.4 Å². The second-order valence-electron chi connectivity index (χ2n) is 3.57. The number of ether oxygens (including phenoxy) is 1. The molecule has 0 aliphatic rings. The van der Waals surface area contributed by atoms with Gasteiger partial charge in [0.05, 0.1) is 12.0 Å². The Bertz CT molecular complexity index is 683. The van der Waals surface area contributed by atoms with Crippen molar-refractivity contribution in [3.8, 4) is 0 Å². The first kappa shape index (κ1) is 12.1. The van der Waals surface area contributed by atoms with Crippen molar-refractivity contribution in [1.29, 1.82) is 0 Å². The van der Waals surface area contributed by atoms with Gasteiger partial charge in [-0.25, -0.2) is 13.2 Å². The highest BCUT2D eigenvalue weighted by Crippen LogP contribution is 2.28. The summed E-state index contributed by atoms with van der Waals surface area (Å²) in [6.45, 7) is 0. The van der Waals surface area contributed by atoms with E-state index in [4.69, 9.17) is 0 Å². The van der Waals surface area contributed by atoms with Crippen LogP contribution in [0, 0.1) is 0 Å². The molecule has 0 aliphatic heterocycles. The monoisotopic (exact) mass is 270 g/mol. The van der Waals surface area contributed by atoms with E-state index in [0.717, 1.165) is 16.3 Å². The first-order chi connectivity index (χ1) is 7.91. The van der Waals surface area contributed by atoms with Crippen LogP contribution in [0.3, 0.4) is 0 Å². The predicted octanol–water partition coefficient (Wildman–Crippen LogP) is 2.09. The number of thiophene rings is 1. The van der Waals surface area contributed by atoms with E-state index in [1.807, 2.05) is 0 Å². The summed E-state index contributed by atoms with van der Waals surface area (Å²) in [5.41, 5.74) is 0. The maximum absolute atomic E-state index is 11.4. The van der Waals surface area contributed by atoms with Crippen LogP contribution in [-0.4, -0.2) is 27.8 Å². The molecular formula is C11H10O4S2. The number of sulfone groups is 1. The van der Waals surface area contributed by atoms with Gasteiger partial charge in [-0.1, -0.05) is 6.07 Å². The van der Waals surface area contributed by atoms with Crippen molar-refractivity contribution in [2.24, 2.45) is 0 Å². The van der Waals surface area contributed by atoms with Crippen LogP contribution in [0.4, 0.5) is 0 Å². The third-order valence-corrected chi connectivity index (χ3v) is 4.49. The fraction of sp³-hybridized carbons (Fsp3) is 0.182. The van der Waals surface area contributed by atoms with Crippen LogP contribution in [0.5, 0.6) is 0 Å². The number of hydrogen-bond acceptors (Lipinski definition) is 5. The molecule has 0 atom stereocenters. The quantitative estimate of drug-likeness (QED) is 0.784. The fourth-order valence-electron chi connectivity index (χ4n) is 1.44. The van der Waals surface area contributed by atoms with Gasteiger partial charge < -0.3 is 4.74 Å². The number of methoxy groups -OCH3 is 1. The van der Waals surface area contributed by atoms with E-state index < -0.39 is 15.8 Å². The third-order valence-electron chi connectivity index (χ3n) is 2.31. The van der Waals surface area contributed by atoms with Gasteiger partial charge in [0.1, 0.15) is 4.88 Å². The summed E-state index contributed by atoms with van der Waals surface area (Å²) in [6, 6.07) is 6.49. The molecule has 0 unspecified atom stereocenters. The van der Waals surface area contributed by atoms with Gasteiger partial charge in [-0.05, 0) is 23.6 Å². The Hall–Kier alpha value is -1.40. The first-order valence-electron chi connectivity index (χ1n) is 4.74. The van der Waals surface area contributed by atoms with Crippen LogP contribution in [-0.2, 0) is 14.6 Å². The van der Waals surface area contributed by atoms with Crippen LogP contribution in [0.1, 0.15) is 9.67 Å². The van der Waals surface area contributed by atoms with E-state index in [9.17, 15) is 13.2 Å². The van der Waals surface area contributed by atoms with E-state index >= 15 is 0 Å². The predicted molar refractivity (Wildman–Crippen MR) is 66.3 cm³/mol. The van der Waals surface area contributed by atoms with Crippen molar-refractivity contribution >= 4 is 37.2 Å². The maximum atomic E-state index is 11.4. The number of esters is 1. The van der Waals surface area contributed by atoms with Gasteiger partial charge in [-0.3, -0.25) is 0 Å². The lowest BCUT2D eigenvalue weighted by Crippen LogP contribution is -1.96. The molecule has 90 valence electrons. The molecule has 0 amide bonds. The summed E-state index contributed by atoms with van der Waals surface area (Å²) < 4.78 is 28.1. The number of benzene rings is 1. The lowest BCUT2D eigenvalue weighted by molar-refractivity contribution is 0.0606. The van der Waals surface area contributed by atoms with Gasteiger partial charge in [-0.2, -0.15) is 0 Å². The molecule has 0 spiro atoms. The number of fused-ring (bicyclic) bond motifs is 1. The highest BCUT2D eigenvalue weighted by atomic mass is 32.2. The SMILES string of the molecule is COC(=O)c1cc2ccc(S(C)(=O)=O)cc2s1. The van der Waals surface area contributed by atoms with Crippen molar-refractivity contribution in [2.45, 2.75) is 4.90 Å². The molecule has 2 rings (SSSR count). The number of rotatable bonds is 2. The average molecular weight is 270 g/mol. The molecule has 1 heterocycles. The standard InChI is InChI=1S/C11H10O4S2/c1-15-11(12)10-5-7-3-4-8(17(2,13)14)6-9(7)16-10/h3-6H,1-2H3. The Labute approximate surface area is 103 Å². The average Bonchev–Trinajstić information content (AvgIpc) is 2.69. The van der Waals surface area contributed by atoms with E-state index in [2.05, 4.69) is 4.74 Å². The number of carbonyl (C=O) groups is 1. The molecule has 0 N–H and O–H groups in total. The zero-order chi connectivity index (χ0) is 12.6. The number of carbonyl (C=O) groups excluding carboxylic acids is 1. The van der Waals surface area contributed by atoms with Crippen LogP contribution < -0.4 is 0 Å². The Balaban J connectivity index is 2.60. The molecule has 0 fully saturated rings. The summed E-state index contributed by atoms with van der Waals surface area (Å²) in [4.78, 5) is 12.1. The van der Waals surface area contributed by atoms with Crippen molar-refractivity contribution < 1.29 is 17.9 Å². The van der Waals surface area contributed by atoms with Gasteiger partial charge in [0.25, 0.3) is 0 Å². The van der Waals surface area contributed by atoms with Crippen LogP contribution in [0.2, 0.25) is 0 Å². The normalized spacial score (nSPS) is 11.6. The Morgan fingerprint density at radius 1 is 1.29 bits per heavy atom. The van der Waals surface area contributed by atoms with Crippen LogP contribution >= 0.6 is 11.3 Å².